The molecule has 0 aliphatic rings. The lowest BCUT2D eigenvalue weighted by atomic mass is 10.1. The molecule has 0 saturated heterocycles. The van der Waals surface area contributed by atoms with E-state index in [1.807, 2.05) is 0 Å². The minimum Gasteiger partial charge on any atom is -0.503 e. The Kier molecular flexibility index (Phi) is 4.65. The normalized spacial score (nSPS) is 11.1. The van der Waals surface area contributed by atoms with Gasteiger partial charge in [0.1, 0.15) is 5.57 Å². The summed E-state index contributed by atoms with van der Waals surface area (Å²) < 4.78 is 9.44. The number of ether oxygens (including phenoxy) is 2. The van der Waals surface area contributed by atoms with Gasteiger partial charge in [-0.25, -0.2) is 4.79 Å². The molecule has 0 atom stereocenters. The summed E-state index contributed by atoms with van der Waals surface area (Å²) in [4.78, 5) is 11.5. The Hall–Kier alpha value is -1.19. The fourth-order valence-corrected chi connectivity index (χ4v) is 1.42. The molecule has 0 radical (unpaired) electrons. The van der Waals surface area contributed by atoms with Gasteiger partial charge < -0.3 is 9.47 Å². The van der Waals surface area contributed by atoms with Crippen LogP contribution in [0.3, 0.4) is 0 Å². The molecular weight excluding hydrogens is 251 g/mol. The predicted molar refractivity (Wildman–Crippen MR) is 63.5 cm³/mol. The van der Waals surface area contributed by atoms with E-state index in [1.165, 1.54) is 20.5 Å². The van der Waals surface area contributed by atoms with Crippen molar-refractivity contribution in [3.8, 4) is 0 Å². The van der Waals surface area contributed by atoms with E-state index in [0.717, 1.165) is 0 Å². The Morgan fingerprint density at radius 2 is 1.94 bits per heavy atom. The molecule has 1 aromatic carbocycles. The first kappa shape index (κ1) is 12.9. The van der Waals surface area contributed by atoms with E-state index in [2.05, 4.69) is 4.74 Å². The summed E-state index contributed by atoms with van der Waals surface area (Å²) in [6.07, 6.45) is 1.30. The van der Waals surface area contributed by atoms with Crippen molar-refractivity contribution in [1.82, 2.24) is 0 Å². The molecule has 0 amide bonds. The van der Waals surface area contributed by atoms with Crippen LogP contribution < -0.4 is 0 Å². The molecule has 3 nitrogen and oxygen atoms in total. The summed E-state index contributed by atoms with van der Waals surface area (Å²) >= 11 is 11.6. The van der Waals surface area contributed by atoms with Crippen LogP contribution in [0.5, 0.6) is 0 Å². The first-order valence-electron chi connectivity index (χ1n) is 4.37. The zero-order valence-corrected chi connectivity index (χ0v) is 10.3. The molecule has 0 aromatic heterocycles. The first-order valence-corrected chi connectivity index (χ1v) is 5.12. The van der Waals surface area contributed by atoms with E-state index in [-0.39, 0.29) is 5.57 Å². The molecule has 1 aromatic rings. The lowest BCUT2D eigenvalue weighted by Crippen LogP contribution is -2.04. The molecular formula is C11H10Cl2O3. The van der Waals surface area contributed by atoms with Crippen molar-refractivity contribution in [3.05, 3.63) is 40.1 Å². The topological polar surface area (TPSA) is 35.5 Å². The molecule has 0 aliphatic carbocycles. The van der Waals surface area contributed by atoms with Gasteiger partial charge in [0, 0.05) is 0 Å². The van der Waals surface area contributed by atoms with E-state index in [4.69, 9.17) is 27.9 Å². The number of carbonyl (C=O) groups excluding carboxylic acids is 1. The number of halogens is 2. The van der Waals surface area contributed by atoms with Gasteiger partial charge in [-0.15, -0.1) is 0 Å². The smallest absolute Gasteiger partial charge is 0.341 e. The van der Waals surface area contributed by atoms with E-state index < -0.39 is 5.97 Å². The Morgan fingerprint density at radius 1 is 1.25 bits per heavy atom. The average molecular weight is 261 g/mol. The zero-order chi connectivity index (χ0) is 12.1. The Labute approximate surface area is 104 Å². The molecule has 0 bridgehead atoms. The monoisotopic (exact) mass is 260 g/mol. The Morgan fingerprint density at radius 3 is 2.44 bits per heavy atom. The van der Waals surface area contributed by atoms with Gasteiger partial charge in [0.25, 0.3) is 0 Å². The highest BCUT2D eigenvalue weighted by Crippen LogP contribution is 2.26. The quantitative estimate of drug-likeness (QED) is 0.476. The van der Waals surface area contributed by atoms with Crippen LogP contribution in [0.2, 0.25) is 10.0 Å². The van der Waals surface area contributed by atoms with Crippen LogP contribution in [0.1, 0.15) is 5.56 Å². The lowest BCUT2D eigenvalue weighted by molar-refractivity contribution is -0.133. The fourth-order valence-electron chi connectivity index (χ4n) is 1.13. The van der Waals surface area contributed by atoms with Crippen molar-refractivity contribution in [2.45, 2.75) is 0 Å². The van der Waals surface area contributed by atoms with Crippen molar-refractivity contribution < 1.29 is 14.3 Å². The van der Waals surface area contributed by atoms with Gasteiger partial charge in [0.2, 0.25) is 0 Å². The number of esters is 1. The largest absolute Gasteiger partial charge is 0.503 e. The van der Waals surface area contributed by atoms with Crippen molar-refractivity contribution in [1.29, 1.82) is 0 Å². The molecule has 0 fully saturated rings. The fraction of sp³-hybridized carbons (Fsp3) is 0.182. The molecule has 0 spiro atoms. The second kappa shape index (κ2) is 5.77. The number of methoxy groups -OCH3 is 2. The summed E-state index contributed by atoms with van der Waals surface area (Å²) in [7, 11) is 2.74. The summed E-state index contributed by atoms with van der Waals surface area (Å²) in [5, 5.41) is 0.789. The summed E-state index contributed by atoms with van der Waals surface area (Å²) in [6.45, 7) is 0. The summed E-state index contributed by atoms with van der Waals surface area (Å²) in [5.41, 5.74) is 0.867. The molecule has 0 saturated carbocycles. The van der Waals surface area contributed by atoms with Crippen molar-refractivity contribution in [2.24, 2.45) is 0 Å². The average Bonchev–Trinajstić information content (AvgIpc) is 2.29. The van der Waals surface area contributed by atoms with Gasteiger partial charge in [-0.2, -0.15) is 0 Å². The van der Waals surface area contributed by atoms with Gasteiger partial charge in [-0.3, -0.25) is 0 Å². The number of hydrogen-bond acceptors (Lipinski definition) is 3. The lowest BCUT2D eigenvalue weighted by Gasteiger charge is -2.06. The van der Waals surface area contributed by atoms with Crippen LogP contribution in [0.15, 0.2) is 24.5 Å². The van der Waals surface area contributed by atoms with Crippen molar-refractivity contribution in [3.63, 3.8) is 0 Å². The molecule has 0 unspecified atom stereocenters. The second-order valence-corrected chi connectivity index (χ2v) is 3.70. The second-order valence-electron chi connectivity index (χ2n) is 2.89. The molecule has 0 N–H and O–H groups in total. The molecule has 0 heterocycles. The van der Waals surface area contributed by atoms with Crippen LogP contribution >= 0.6 is 23.2 Å². The Balaban J connectivity index is 3.17. The molecule has 16 heavy (non-hydrogen) atoms. The number of rotatable bonds is 3. The maximum absolute atomic E-state index is 11.5. The van der Waals surface area contributed by atoms with Crippen LogP contribution in [-0.4, -0.2) is 20.2 Å². The maximum atomic E-state index is 11.5. The minimum atomic E-state index is -0.500. The van der Waals surface area contributed by atoms with E-state index >= 15 is 0 Å². The highest BCUT2D eigenvalue weighted by Gasteiger charge is 2.14. The van der Waals surface area contributed by atoms with E-state index in [1.54, 1.807) is 18.2 Å². The van der Waals surface area contributed by atoms with Gasteiger partial charge in [0.15, 0.2) is 0 Å². The van der Waals surface area contributed by atoms with Gasteiger partial charge in [0.05, 0.1) is 30.5 Å². The molecule has 5 heteroatoms. The van der Waals surface area contributed by atoms with E-state index in [9.17, 15) is 4.79 Å². The van der Waals surface area contributed by atoms with Crippen LogP contribution in [0.4, 0.5) is 0 Å². The van der Waals surface area contributed by atoms with E-state index in [0.29, 0.717) is 15.6 Å². The maximum Gasteiger partial charge on any atom is 0.341 e. The minimum absolute atomic E-state index is 0.281. The number of benzene rings is 1. The predicted octanol–water partition coefficient (Wildman–Crippen LogP) is 3.15. The molecule has 1 rings (SSSR count). The van der Waals surface area contributed by atoms with Crippen LogP contribution in [0, 0.1) is 0 Å². The van der Waals surface area contributed by atoms with Gasteiger partial charge in [-0.1, -0.05) is 29.3 Å². The van der Waals surface area contributed by atoms with Gasteiger partial charge in [-0.05, 0) is 17.7 Å². The van der Waals surface area contributed by atoms with Crippen LogP contribution in [-0.2, 0) is 14.3 Å². The third-order valence-corrected chi connectivity index (χ3v) is 2.61. The third kappa shape index (κ3) is 2.90. The zero-order valence-electron chi connectivity index (χ0n) is 8.79. The SMILES string of the molecule is CO/C=C(\C(=O)OC)c1ccc(Cl)c(Cl)c1. The summed E-state index contributed by atoms with van der Waals surface area (Å²) in [5.74, 6) is -0.500. The Bertz CT molecular complexity index is 427. The third-order valence-electron chi connectivity index (χ3n) is 1.87. The highest BCUT2D eigenvalue weighted by molar-refractivity contribution is 6.42. The molecule has 86 valence electrons. The van der Waals surface area contributed by atoms with Crippen molar-refractivity contribution in [2.75, 3.05) is 14.2 Å². The number of hydrogen-bond donors (Lipinski definition) is 0. The number of carbonyl (C=O) groups is 1. The summed E-state index contributed by atoms with van der Waals surface area (Å²) in [6, 6.07) is 4.84. The standard InChI is InChI=1S/C11H10Cl2O3/c1-15-6-8(11(14)16-2)7-3-4-9(12)10(13)5-7/h3-6H,1-2H3/b8-6-. The van der Waals surface area contributed by atoms with Crippen molar-refractivity contribution >= 4 is 34.7 Å². The molecule has 0 aliphatic heterocycles. The first-order chi connectivity index (χ1) is 7.60. The van der Waals surface area contributed by atoms with Crippen LogP contribution in [0.25, 0.3) is 5.57 Å². The van der Waals surface area contributed by atoms with Gasteiger partial charge >= 0.3 is 5.97 Å². The highest BCUT2D eigenvalue weighted by atomic mass is 35.5.